The van der Waals surface area contributed by atoms with Crippen LogP contribution in [0.3, 0.4) is 0 Å². The number of nitrogens with one attached hydrogen (secondary N) is 4. The Hall–Kier alpha value is -4.64. The fraction of sp³-hybridized carbons (Fsp3) is 0.721. The average Bonchev–Trinajstić information content (AvgIpc) is 3.30. The maximum Gasteiger partial charge on any atom is 0.506 e. The number of anilines is 1. The van der Waals surface area contributed by atoms with E-state index in [2.05, 4.69) is 26.0 Å². The Morgan fingerprint density at radius 1 is 0.500 bits per heavy atom. The minimum atomic E-state index is -1.44. The van der Waals surface area contributed by atoms with E-state index >= 15 is 0 Å². The Morgan fingerprint density at radius 3 is 1.22 bits per heavy atom. The molecular weight excluding hydrogens is 906 g/mol. The standard InChI is InChI=1S/C43H73N5O20/c1-33(40(51)46-34(2)41(52)48-37(30-38(44)49)42(53)47-36-6-4-35(5-7-36)31-68-43(54)55)45-39(50)32-67-29-28-66-27-26-65-25-24-64-23-22-63-21-20-62-19-18-61-17-16-60-15-14-59-13-12-58-11-10-57-9-8-56-3/h4-7,33-34,37H,8-32H2,1-3H3,(H2,44,49)(H,45,50)(H,46,51)(H,47,53)(H,48,52)(H,54,55)/t33-,34-,37-/m1/s1. The van der Waals surface area contributed by atoms with E-state index in [0.29, 0.717) is 138 Å². The van der Waals surface area contributed by atoms with Crippen molar-refractivity contribution in [1.82, 2.24) is 16.0 Å². The number of benzene rings is 1. The van der Waals surface area contributed by atoms with E-state index in [1.807, 2.05) is 0 Å². The summed E-state index contributed by atoms with van der Waals surface area (Å²) in [6.45, 7) is 11.6. The number of carboxylic acid groups (broad SMARTS) is 1. The van der Waals surface area contributed by atoms with Gasteiger partial charge in [-0.2, -0.15) is 0 Å². The van der Waals surface area contributed by atoms with Gasteiger partial charge in [-0.05, 0) is 31.5 Å². The van der Waals surface area contributed by atoms with E-state index in [1.54, 1.807) is 7.11 Å². The molecule has 5 amide bonds. The molecule has 1 rings (SSSR count). The molecule has 0 saturated carbocycles. The Labute approximate surface area is 397 Å². The predicted molar refractivity (Wildman–Crippen MR) is 240 cm³/mol. The fourth-order valence-electron chi connectivity index (χ4n) is 5.02. The Morgan fingerprint density at radius 2 is 0.853 bits per heavy atom. The zero-order chi connectivity index (χ0) is 49.9. The summed E-state index contributed by atoms with van der Waals surface area (Å²) in [6, 6.07) is 2.36. The number of carbonyl (C=O) groups excluding carboxylic acids is 5. The van der Waals surface area contributed by atoms with Crippen molar-refractivity contribution in [2.24, 2.45) is 5.73 Å². The molecule has 0 aliphatic rings. The molecule has 68 heavy (non-hydrogen) atoms. The molecule has 0 aliphatic heterocycles. The van der Waals surface area contributed by atoms with Crippen molar-refractivity contribution in [1.29, 1.82) is 0 Å². The number of rotatable bonds is 46. The second-order valence-electron chi connectivity index (χ2n) is 14.2. The summed E-state index contributed by atoms with van der Waals surface area (Å²) in [5.41, 5.74) is 6.08. The molecule has 0 heterocycles. The smallest absolute Gasteiger partial charge is 0.450 e. The first-order valence-corrected chi connectivity index (χ1v) is 22.2. The van der Waals surface area contributed by atoms with Crippen LogP contribution in [0, 0.1) is 0 Å². The summed E-state index contributed by atoms with van der Waals surface area (Å²) in [7, 11) is 1.63. The van der Waals surface area contributed by atoms with Gasteiger partial charge in [0.1, 0.15) is 31.3 Å². The quantitative estimate of drug-likeness (QED) is 0.0338. The zero-order valence-corrected chi connectivity index (χ0v) is 39.5. The van der Waals surface area contributed by atoms with Crippen LogP contribution in [0.25, 0.3) is 0 Å². The number of ether oxygens (including phenoxy) is 13. The van der Waals surface area contributed by atoms with Crippen LogP contribution in [0.4, 0.5) is 10.5 Å². The van der Waals surface area contributed by atoms with Crippen molar-refractivity contribution in [3.05, 3.63) is 29.8 Å². The summed E-state index contributed by atoms with van der Waals surface area (Å²) >= 11 is 0. The van der Waals surface area contributed by atoms with Gasteiger partial charge in [-0.1, -0.05) is 12.1 Å². The van der Waals surface area contributed by atoms with Gasteiger partial charge < -0.3 is 93.7 Å². The topological polar surface area (TPSA) is 317 Å². The lowest BCUT2D eigenvalue weighted by Crippen LogP contribution is -2.55. The fourth-order valence-corrected chi connectivity index (χ4v) is 5.02. The lowest BCUT2D eigenvalue weighted by Gasteiger charge is -2.22. The van der Waals surface area contributed by atoms with Crippen molar-refractivity contribution in [3.8, 4) is 0 Å². The number of primary amides is 1. The molecule has 390 valence electrons. The van der Waals surface area contributed by atoms with Gasteiger partial charge in [0.05, 0.1) is 152 Å². The molecule has 1 aromatic carbocycles. The molecule has 25 nitrogen and oxygen atoms in total. The van der Waals surface area contributed by atoms with Crippen LogP contribution in [-0.4, -0.2) is 218 Å². The number of nitrogens with two attached hydrogens (primary N) is 1. The highest BCUT2D eigenvalue weighted by Gasteiger charge is 2.27. The van der Waals surface area contributed by atoms with Crippen LogP contribution in [-0.2, 0) is 92.2 Å². The highest BCUT2D eigenvalue weighted by molar-refractivity contribution is 6.00. The van der Waals surface area contributed by atoms with Crippen molar-refractivity contribution in [2.75, 3.05) is 164 Å². The molecule has 0 aliphatic carbocycles. The van der Waals surface area contributed by atoms with Gasteiger partial charge in [-0.25, -0.2) is 4.79 Å². The summed E-state index contributed by atoms with van der Waals surface area (Å²) in [6.07, 6.45) is -1.98. The van der Waals surface area contributed by atoms with Crippen LogP contribution in [0.5, 0.6) is 0 Å². The third-order valence-corrected chi connectivity index (χ3v) is 8.53. The van der Waals surface area contributed by atoms with E-state index < -0.39 is 60.2 Å². The molecule has 0 fully saturated rings. The van der Waals surface area contributed by atoms with E-state index in [4.69, 9.17) is 67.7 Å². The van der Waals surface area contributed by atoms with Gasteiger partial charge in [0.25, 0.3) is 0 Å². The van der Waals surface area contributed by atoms with Gasteiger partial charge in [-0.15, -0.1) is 0 Å². The van der Waals surface area contributed by atoms with Gasteiger partial charge in [0.2, 0.25) is 29.5 Å². The van der Waals surface area contributed by atoms with Crippen molar-refractivity contribution in [2.45, 2.75) is 45.0 Å². The van der Waals surface area contributed by atoms with Crippen LogP contribution in [0.2, 0.25) is 0 Å². The summed E-state index contributed by atoms with van der Waals surface area (Å²) < 4.78 is 69.0. The van der Waals surface area contributed by atoms with Crippen LogP contribution in [0.15, 0.2) is 24.3 Å². The van der Waals surface area contributed by atoms with E-state index in [9.17, 15) is 28.8 Å². The maximum absolute atomic E-state index is 12.9. The first-order valence-electron chi connectivity index (χ1n) is 22.2. The Balaban J connectivity index is 1.96. The second-order valence-corrected chi connectivity index (χ2v) is 14.2. The van der Waals surface area contributed by atoms with Gasteiger partial charge >= 0.3 is 6.16 Å². The van der Waals surface area contributed by atoms with Crippen LogP contribution >= 0.6 is 0 Å². The number of methoxy groups -OCH3 is 1. The highest BCUT2D eigenvalue weighted by atomic mass is 16.7. The molecule has 0 bridgehead atoms. The van der Waals surface area contributed by atoms with Crippen molar-refractivity contribution in [3.63, 3.8) is 0 Å². The lowest BCUT2D eigenvalue weighted by atomic mass is 10.1. The largest absolute Gasteiger partial charge is 0.506 e. The average molecular weight is 980 g/mol. The monoisotopic (exact) mass is 979 g/mol. The van der Waals surface area contributed by atoms with E-state index in [1.165, 1.54) is 38.1 Å². The maximum atomic E-state index is 12.9. The highest BCUT2D eigenvalue weighted by Crippen LogP contribution is 2.12. The lowest BCUT2D eigenvalue weighted by molar-refractivity contribution is -0.134. The molecule has 0 spiro atoms. The van der Waals surface area contributed by atoms with Gasteiger partial charge in [0.15, 0.2) is 0 Å². The Bertz CT molecular complexity index is 1500. The molecule has 1 aromatic rings. The molecule has 25 heteroatoms. The molecule has 0 unspecified atom stereocenters. The molecule has 0 aromatic heterocycles. The minimum absolute atomic E-state index is 0.110. The van der Waals surface area contributed by atoms with E-state index in [-0.39, 0.29) is 32.1 Å². The third kappa shape index (κ3) is 36.4. The second kappa shape index (κ2) is 42.5. The third-order valence-electron chi connectivity index (χ3n) is 8.53. The first-order chi connectivity index (χ1) is 32.9. The first kappa shape index (κ1) is 61.4. The zero-order valence-electron chi connectivity index (χ0n) is 39.5. The number of carbonyl (C=O) groups is 6. The molecule has 0 saturated heterocycles. The SMILES string of the molecule is COCCOCCOCCOCCOCCOCCOCCOCCOCCOCCOCCOCC(=O)N[C@H](C)C(=O)N[C@H](C)C(=O)N[C@H](CC(N)=O)C(=O)Nc1ccc(COC(=O)O)cc1. The molecular formula is C43H73N5O20. The van der Waals surface area contributed by atoms with Crippen LogP contribution < -0.4 is 27.0 Å². The molecule has 0 radical (unpaired) electrons. The minimum Gasteiger partial charge on any atom is -0.450 e. The van der Waals surface area contributed by atoms with Crippen LogP contribution in [0.1, 0.15) is 25.8 Å². The van der Waals surface area contributed by atoms with Gasteiger partial charge in [-0.3, -0.25) is 24.0 Å². The normalized spacial score (nSPS) is 12.5. The summed E-state index contributed by atoms with van der Waals surface area (Å²) in [5, 5.41) is 18.4. The Kier molecular flexibility index (Phi) is 38.3. The molecule has 3 atom stereocenters. The summed E-state index contributed by atoms with van der Waals surface area (Å²) in [5.74, 6) is -3.72. The van der Waals surface area contributed by atoms with Crippen molar-refractivity contribution < 1.29 is 95.5 Å². The van der Waals surface area contributed by atoms with Gasteiger partial charge in [0, 0.05) is 12.8 Å². The summed E-state index contributed by atoms with van der Waals surface area (Å²) in [4.78, 5) is 72.9. The number of hydrogen-bond acceptors (Lipinski definition) is 19. The number of hydrogen-bond donors (Lipinski definition) is 6. The van der Waals surface area contributed by atoms with E-state index in [0.717, 1.165) is 0 Å². The van der Waals surface area contributed by atoms with Crippen molar-refractivity contribution >= 4 is 41.4 Å². The number of amides is 5. The predicted octanol–water partition coefficient (Wildman–Crippen LogP) is -0.982. The molecule has 7 N–H and O–H groups in total.